The molecule has 23 heavy (non-hydrogen) atoms. The van der Waals surface area contributed by atoms with Gasteiger partial charge in [0.2, 0.25) is 0 Å². The fourth-order valence-corrected chi connectivity index (χ4v) is 3.65. The van der Waals surface area contributed by atoms with Crippen LogP contribution in [0.3, 0.4) is 0 Å². The van der Waals surface area contributed by atoms with Gasteiger partial charge in [0.25, 0.3) is 0 Å². The fraction of sp³-hybridized carbons (Fsp3) is 0.0556. The Balaban J connectivity index is 2.75. The molecule has 0 bridgehead atoms. The van der Waals surface area contributed by atoms with Gasteiger partial charge in [-0.3, -0.25) is 0 Å². The van der Waals surface area contributed by atoms with Crippen LogP contribution in [0.15, 0.2) is 48.8 Å². The van der Waals surface area contributed by atoms with E-state index in [1.54, 1.807) is 6.08 Å². The standard InChI is InChI=1S/C18H13FN2.2W/c1-3-7-15-16-8-5-6-9-18(16)21(17(15)4-2)13-11-14(19)10-12-20;;/h3-9,11H,2H2,1H3;;/b7-3-,14-11+;;. The molecule has 0 amide bonds. The van der Waals surface area contributed by atoms with Gasteiger partial charge in [-0.05, 0) is 0 Å². The number of aromatic nitrogens is 1. The first kappa shape index (κ1) is 17.9. The van der Waals surface area contributed by atoms with Crippen molar-refractivity contribution in [1.82, 2.24) is 4.57 Å². The third-order valence-corrected chi connectivity index (χ3v) is 5.38. The van der Waals surface area contributed by atoms with E-state index in [0.29, 0.717) is 0 Å². The number of para-hydroxylation sites is 1. The summed E-state index contributed by atoms with van der Waals surface area (Å²) in [6, 6.07) is 9.89. The molecule has 0 fully saturated rings. The number of hydrogen-bond donors (Lipinski definition) is 0. The molecule has 1 heterocycles. The van der Waals surface area contributed by atoms with Crippen LogP contribution in [0.2, 0.25) is 0 Å². The Morgan fingerprint density at radius 2 is 2.04 bits per heavy atom. The van der Waals surface area contributed by atoms with Crippen LogP contribution in [0.25, 0.3) is 23.1 Å². The minimum absolute atomic E-state index is 0.161. The van der Waals surface area contributed by atoms with E-state index in [0.717, 1.165) is 64.9 Å². The average molecular weight is 644 g/mol. The average Bonchev–Trinajstić information content (AvgIpc) is 2.88. The predicted molar refractivity (Wildman–Crippen MR) is 87.0 cm³/mol. The number of fused-ring (bicyclic) bond motifs is 1. The van der Waals surface area contributed by atoms with Gasteiger partial charge in [-0.15, -0.1) is 0 Å². The molecule has 114 valence electrons. The van der Waals surface area contributed by atoms with Gasteiger partial charge >= 0.3 is 157 Å². The first-order valence-electron chi connectivity index (χ1n) is 6.79. The van der Waals surface area contributed by atoms with Crippen LogP contribution in [0.5, 0.6) is 0 Å². The molecule has 0 aliphatic carbocycles. The molecule has 0 unspecified atom stereocenters. The fourth-order valence-electron chi connectivity index (χ4n) is 2.36. The molecule has 0 radical (unpaired) electrons. The van der Waals surface area contributed by atoms with E-state index < -0.39 is 5.83 Å². The Kier molecular flexibility index (Phi) is 6.11. The van der Waals surface area contributed by atoms with E-state index in [-0.39, 0.29) is 3.90 Å². The third-order valence-electron chi connectivity index (χ3n) is 3.27. The zero-order valence-electron chi connectivity index (χ0n) is 12.4. The Bertz CT molecular complexity index is 911. The molecule has 2 aromatic rings. The van der Waals surface area contributed by atoms with Gasteiger partial charge in [-0.2, -0.15) is 0 Å². The summed E-state index contributed by atoms with van der Waals surface area (Å²) >= 11 is 1.95. The van der Waals surface area contributed by atoms with Crippen LogP contribution in [0.4, 0.5) is 4.39 Å². The Labute approximate surface area is 156 Å². The quantitative estimate of drug-likeness (QED) is 0.486. The maximum absolute atomic E-state index is 14.1. The normalized spacial score (nSPS) is 11.6. The summed E-state index contributed by atoms with van der Waals surface area (Å²) in [6.45, 7) is 5.88. The topological polar surface area (TPSA) is 28.7 Å². The Hall–Kier alpha value is -1.48. The van der Waals surface area contributed by atoms with Gasteiger partial charge in [-0.25, -0.2) is 0 Å². The molecule has 0 atom stereocenters. The molecule has 2 rings (SSSR count). The van der Waals surface area contributed by atoms with Crippen molar-refractivity contribution in [3.8, 4) is 6.07 Å². The van der Waals surface area contributed by atoms with E-state index in [1.807, 2.05) is 54.0 Å². The maximum atomic E-state index is 14.1. The number of rotatable bonds is 5. The van der Waals surface area contributed by atoms with Crippen molar-refractivity contribution in [3.63, 3.8) is 0 Å². The molecule has 5 heteroatoms. The van der Waals surface area contributed by atoms with Crippen molar-refractivity contribution >= 4 is 31.0 Å². The number of halogens is 1. The van der Waals surface area contributed by atoms with Gasteiger partial charge in [-0.1, -0.05) is 0 Å². The molecule has 0 saturated heterocycles. The summed E-state index contributed by atoms with van der Waals surface area (Å²) in [5.41, 5.74) is 3.00. The van der Waals surface area contributed by atoms with E-state index in [9.17, 15) is 4.39 Å². The number of benzene rings is 1. The van der Waals surface area contributed by atoms with Gasteiger partial charge in [0.15, 0.2) is 0 Å². The van der Waals surface area contributed by atoms with Crippen molar-refractivity contribution in [2.45, 2.75) is 6.92 Å². The summed E-state index contributed by atoms with van der Waals surface area (Å²) in [5.74, 6) is -0.465. The molecule has 0 aliphatic heterocycles. The number of nitriles is 1. The van der Waals surface area contributed by atoms with Crippen LogP contribution in [0.1, 0.15) is 18.2 Å². The van der Waals surface area contributed by atoms with Crippen molar-refractivity contribution in [1.29, 1.82) is 5.26 Å². The van der Waals surface area contributed by atoms with Gasteiger partial charge in [0.1, 0.15) is 0 Å². The summed E-state index contributed by atoms with van der Waals surface area (Å²) < 4.78 is 17.0. The van der Waals surface area contributed by atoms with Crippen LogP contribution in [-0.2, 0) is 38.7 Å². The molecular weight excluding hydrogens is 631 g/mol. The summed E-state index contributed by atoms with van der Waals surface area (Å²) in [4.78, 5) is 0. The molecule has 2 nitrogen and oxygen atoms in total. The van der Waals surface area contributed by atoms with Crippen LogP contribution in [-0.4, -0.2) is 12.5 Å². The van der Waals surface area contributed by atoms with Crippen molar-refractivity contribution in [2.24, 2.45) is 0 Å². The number of nitrogens with zero attached hydrogens (tertiary/aromatic N) is 2. The molecule has 1 aromatic heterocycles. The van der Waals surface area contributed by atoms with E-state index in [4.69, 9.17) is 5.26 Å². The second-order valence-corrected chi connectivity index (χ2v) is 7.60. The second-order valence-electron chi connectivity index (χ2n) is 4.63. The van der Waals surface area contributed by atoms with Crippen molar-refractivity contribution in [3.05, 3.63) is 60.1 Å². The number of allylic oxidation sites excluding steroid dienone is 3. The van der Waals surface area contributed by atoms with Crippen LogP contribution in [0, 0.1) is 11.3 Å². The zero-order valence-corrected chi connectivity index (χ0v) is 18.3. The molecule has 1 aromatic carbocycles. The molecule has 0 aliphatic rings. The van der Waals surface area contributed by atoms with E-state index in [2.05, 4.69) is 6.58 Å². The third kappa shape index (κ3) is 3.55. The SMILES string of the molecule is C=Cc1c(/C=C\C)c2ccccc2n1[C](=[W])/C=C(/F)[C](=[W])C#N. The number of hydrogen-bond acceptors (Lipinski definition) is 1. The molecule has 0 spiro atoms. The monoisotopic (exact) mass is 644 g/mol. The zero-order chi connectivity index (χ0) is 17.0. The Morgan fingerprint density at radius 3 is 2.65 bits per heavy atom. The minimum atomic E-state index is -0.465. The summed E-state index contributed by atoms with van der Waals surface area (Å²) in [6.07, 6.45) is 7.25. The second kappa shape index (κ2) is 7.87. The van der Waals surface area contributed by atoms with Crippen molar-refractivity contribution < 1.29 is 43.1 Å². The Morgan fingerprint density at radius 1 is 1.35 bits per heavy atom. The van der Waals surface area contributed by atoms with Gasteiger partial charge in [0.05, 0.1) is 0 Å². The first-order valence-corrected chi connectivity index (χ1v) is 9.73. The van der Waals surface area contributed by atoms with Crippen LogP contribution >= 0.6 is 0 Å². The molecule has 0 saturated carbocycles. The van der Waals surface area contributed by atoms with Gasteiger partial charge in [0, 0.05) is 0 Å². The van der Waals surface area contributed by atoms with Crippen LogP contribution < -0.4 is 0 Å². The van der Waals surface area contributed by atoms with Crippen molar-refractivity contribution in [2.75, 3.05) is 0 Å². The van der Waals surface area contributed by atoms with E-state index in [1.165, 1.54) is 6.08 Å². The predicted octanol–water partition coefficient (Wildman–Crippen LogP) is 3.94. The van der Waals surface area contributed by atoms with E-state index >= 15 is 0 Å². The molecular formula is C18H13FN2W2. The summed E-state index contributed by atoms with van der Waals surface area (Å²) in [7, 11) is 0. The van der Waals surface area contributed by atoms with Gasteiger partial charge < -0.3 is 0 Å². The summed E-state index contributed by atoms with van der Waals surface area (Å²) in [5, 5.41) is 9.95. The molecule has 0 N–H and O–H groups in total. The first-order chi connectivity index (χ1) is 11.0.